The molecule has 1 aromatic heterocycles. The van der Waals surface area contributed by atoms with Gasteiger partial charge in [-0.25, -0.2) is 13.4 Å². The summed E-state index contributed by atoms with van der Waals surface area (Å²) in [5.74, 6) is 2.98. The fraction of sp³-hybridized carbons (Fsp3) is 0.722. The first kappa shape index (κ1) is 20.4. The smallest absolute Gasteiger partial charge is 0.244 e. The molecule has 1 aromatic rings. The van der Waals surface area contributed by atoms with Gasteiger partial charge in [0, 0.05) is 50.2 Å². The number of nitrogens with one attached hydrogen (secondary N) is 1. The Balaban J connectivity index is 1.41. The van der Waals surface area contributed by atoms with Crippen LogP contribution in [0, 0.1) is 0 Å². The van der Waals surface area contributed by atoms with Crippen molar-refractivity contribution in [3.05, 3.63) is 18.3 Å². The Morgan fingerprint density at radius 1 is 1.11 bits per heavy atom. The summed E-state index contributed by atoms with van der Waals surface area (Å²) in [7, 11) is -3.50. The third-order valence-corrected chi connectivity index (χ3v) is 8.82. The van der Waals surface area contributed by atoms with E-state index in [0.29, 0.717) is 32.1 Å². The highest BCUT2D eigenvalue weighted by Gasteiger charge is 2.40. The van der Waals surface area contributed by atoms with Gasteiger partial charge >= 0.3 is 0 Å². The van der Waals surface area contributed by atoms with Crippen LogP contribution in [0.1, 0.15) is 6.42 Å². The van der Waals surface area contributed by atoms with Crippen molar-refractivity contribution in [3.63, 3.8) is 0 Å². The van der Waals surface area contributed by atoms with Crippen LogP contribution in [0.25, 0.3) is 0 Å². The molecule has 8 nitrogen and oxygen atoms in total. The second kappa shape index (κ2) is 8.85. The zero-order chi connectivity index (χ0) is 19.5. The van der Waals surface area contributed by atoms with Crippen molar-refractivity contribution in [1.29, 1.82) is 0 Å². The number of rotatable bonds is 6. The number of aromatic nitrogens is 1. The molecule has 156 valence electrons. The van der Waals surface area contributed by atoms with Gasteiger partial charge in [-0.05, 0) is 24.3 Å². The SMILES string of the molecule is O=S(=O)(c1ccc(NCC2(N3CCOCC3)CCSC2)nc1)N1CCOCC1. The maximum Gasteiger partial charge on any atom is 0.244 e. The average molecular weight is 429 g/mol. The predicted octanol–water partition coefficient (Wildman–Crippen LogP) is 0.722. The molecule has 0 radical (unpaired) electrons. The summed E-state index contributed by atoms with van der Waals surface area (Å²) < 4.78 is 37.6. The molecule has 3 fully saturated rings. The minimum absolute atomic E-state index is 0.120. The van der Waals surface area contributed by atoms with Gasteiger partial charge in [0.15, 0.2) is 0 Å². The van der Waals surface area contributed by atoms with Gasteiger partial charge in [0.25, 0.3) is 0 Å². The summed E-state index contributed by atoms with van der Waals surface area (Å²) in [6, 6.07) is 3.41. The summed E-state index contributed by atoms with van der Waals surface area (Å²) in [6.07, 6.45) is 2.60. The molecule has 0 bridgehead atoms. The van der Waals surface area contributed by atoms with E-state index in [4.69, 9.17) is 9.47 Å². The van der Waals surface area contributed by atoms with Gasteiger partial charge in [-0.1, -0.05) is 0 Å². The number of sulfonamides is 1. The van der Waals surface area contributed by atoms with Crippen LogP contribution < -0.4 is 5.32 Å². The van der Waals surface area contributed by atoms with E-state index >= 15 is 0 Å². The first-order valence-electron chi connectivity index (χ1n) is 9.79. The Kier molecular flexibility index (Phi) is 6.43. The number of morpholine rings is 2. The Morgan fingerprint density at radius 3 is 2.43 bits per heavy atom. The van der Waals surface area contributed by atoms with Gasteiger partial charge in [0.2, 0.25) is 10.0 Å². The molecule has 4 rings (SSSR count). The average Bonchev–Trinajstić information content (AvgIpc) is 3.24. The van der Waals surface area contributed by atoms with Crippen LogP contribution in [0.2, 0.25) is 0 Å². The zero-order valence-corrected chi connectivity index (χ0v) is 17.6. The lowest BCUT2D eigenvalue weighted by atomic mass is 9.95. The molecule has 0 amide bonds. The highest BCUT2D eigenvalue weighted by Crippen LogP contribution is 2.34. The van der Waals surface area contributed by atoms with Crippen molar-refractivity contribution >= 4 is 27.6 Å². The molecule has 1 N–H and O–H groups in total. The van der Waals surface area contributed by atoms with E-state index in [1.807, 2.05) is 11.8 Å². The molecular weight excluding hydrogens is 400 g/mol. The summed E-state index contributed by atoms with van der Waals surface area (Å²) in [5.41, 5.74) is 0.120. The van der Waals surface area contributed by atoms with Crippen LogP contribution in [0.3, 0.4) is 0 Å². The minimum atomic E-state index is -3.50. The third-order valence-electron chi connectivity index (χ3n) is 5.71. The van der Waals surface area contributed by atoms with E-state index in [1.54, 1.807) is 12.1 Å². The van der Waals surface area contributed by atoms with Crippen LogP contribution in [0.15, 0.2) is 23.2 Å². The van der Waals surface area contributed by atoms with Crippen LogP contribution >= 0.6 is 11.8 Å². The van der Waals surface area contributed by atoms with Gasteiger partial charge in [-0.3, -0.25) is 4.90 Å². The lowest BCUT2D eigenvalue weighted by molar-refractivity contribution is -0.00922. The Bertz CT molecular complexity index is 741. The second-order valence-electron chi connectivity index (χ2n) is 7.38. The highest BCUT2D eigenvalue weighted by molar-refractivity contribution is 7.99. The Hall–Kier alpha value is -0.910. The molecule has 3 saturated heterocycles. The minimum Gasteiger partial charge on any atom is -0.379 e. The van der Waals surface area contributed by atoms with E-state index in [-0.39, 0.29) is 10.4 Å². The first-order valence-corrected chi connectivity index (χ1v) is 12.4. The van der Waals surface area contributed by atoms with Gasteiger partial charge in [-0.15, -0.1) is 0 Å². The number of ether oxygens (including phenoxy) is 2. The maximum atomic E-state index is 12.7. The molecule has 3 aliphatic rings. The molecule has 0 spiro atoms. The third kappa shape index (κ3) is 4.31. The maximum absolute atomic E-state index is 12.7. The first-order chi connectivity index (χ1) is 13.6. The Morgan fingerprint density at radius 2 is 1.82 bits per heavy atom. The van der Waals surface area contributed by atoms with E-state index in [2.05, 4.69) is 15.2 Å². The van der Waals surface area contributed by atoms with Crippen LogP contribution in [0.4, 0.5) is 5.82 Å². The fourth-order valence-electron chi connectivity index (χ4n) is 3.96. The molecule has 4 heterocycles. The van der Waals surface area contributed by atoms with Gasteiger partial charge in [-0.2, -0.15) is 16.1 Å². The monoisotopic (exact) mass is 428 g/mol. The molecule has 0 saturated carbocycles. The van der Waals surface area contributed by atoms with Crippen molar-refractivity contribution in [2.24, 2.45) is 0 Å². The van der Waals surface area contributed by atoms with Crippen molar-refractivity contribution in [2.45, 2.75) is 16.9 Å². The second-order valence-corrected chi connectivity index (χ2v) is 10.4. The number of hydrogen-bond donors (Lipinski definition) is 1. The summed E-state index contributed by atoms with van der Waals surface area (Å²) in [4.78, 5) is 7.16. The number of pyridine rings is 1. The molecular formula is C18H28N4O4S2. The molecule has 3 aliphatic heterocycles. The van der Waals surface area contributed by atoms with Gasteiger partial charge in [0.1, 0.15) is 10.7 Å². The molecule has 1 atom stereocenters. The number of anilines is 1. The van der Waals surface area contributed by atoms with Crippen molar-refractivity contribution in [2.75, 3.05) is 76.0 Å². The van der Waals surface area contributed by atoms with Crippen LogP contribution in [0.5, 0.6) is 0 Å². The normalized spacial score (nSPS) is 27.7. The van der Waals surface area contributed by atoms with Crippen molar-refractivity contribution < 1.29 is 17.9 Å². The van der Waals surface area contributed by atoms with Gasteiger partial charge < -0.3 is 14.8 Å². The summed E-state index contributed by atoms with van der Waals surface area (Å²) >= 11 is 1.99. The topological polar surface area (TPSA) is 84.0 Å². The van der Waals surface area contributed by atoms with E-state index in [0.717, 1.165) is 45.0 Å². The lowest BCUT2D eigenvalue weighted by Crippen LogP contribution is -2.57. The standard InChI is InChI=1S/C18H28N4O4S2/c23-28(24,22-6-10-26-11-7-22)16-1-2-17(19-13-16)20-14-18(3-12-27-15-18)21-4-8-25-9-5-21/h1-2,13H,3-12,14-15H2,(H,19,20). The van der Waals surface area contributed by atoms with Crippen molar-refractivity contribution in [3.8, 4) is 0 Å². The summed E-state index contributed by atoms with van der Waals surface area (Å²) in [5, 5.41) is 3.45. The molecule has 0 aliphatic carbocycles. The Labute approximate surface area is 171 Å². The molecule has 0 aromatic carbocycles. The van der Waals surface area contributed by atoms with Gasteiger partial charge in [0.05, 0.1) is 26.4 Å². The van der Waals surface area contributed by atoms with E-state index < -0.39 is 10.0 Å². The van der Waals surface area contributed by atoms with Crippen LogP contribution in [-0.4, -0.2) is 98.8 Å². The molecule has 28 heavy (non-hydrogen) atoms. The predicted molar refractivity (Wildman–Crippen MR) is 109 cm³/mol. The fourth-order valence-corrected chi connectivity index (χ4v) is 6.79. The van der Waals surface area contributed by atoms with E-state index in [1.165, 1.54) is 16.3 Å². The number of hydrogen-bond acceptors (Lipinski definition) is 8. The van der Waals surface area contributed by atoms with E-state index in [9.17, 15) is 8.42 Å². The van der Waals surface area contributed by atoms with Crippen molar-refractivity contribution in [1.82, 2.24) is 14.2 Å². The number of nitrogens with zero attached hydrogens (tertiary/aromatic N) is 3. The summed E-state index contributed by atoms with van der Waals surface area (Å²) in [6.45, 7) is 5.98. The zero-order valence-electron chi connectivity index (χ0n) is 16.0. The molecule has 1 unspecified atom stereocenters. The lowest BCUT2D eigenvalue weighted by Gasteiger charge is -2.43. The highest BCUT2D eigenvalue weighted by atomic mass is 32.2. The largest absolute Gasteiger partial charge is 0.379 e. The quantitative estimate of drug-likeness (QED) is 0.710. The number of thioether (sulfide) groups is 1. The molecule has 10 heteroatoms. The van der Waals surface area contributed by atoms with Crippen LogP contribution in [-0.2, 0) is 19.5 Å².